The molecule has 2 saturated heterocycles. The molecule has 3 atom stereocenters. The maximum Gasteiger partial charge on any atom is 0.315 e. The Morgan fingerprint density at radius 2 is 1.74 bits per heavy atom. The Hall–Kier alpha value is -1.83. The minimum Gasteiger partial charge on any atom is -0.343 e. The molecule has 8 nitrogen and oxygen atoms in total. The first-order valence-corrected chi connectivity index (χ1v) is 10.2. The normalized spacial score (nSPS) is 28.9. The van der Waals surface area contributed by atoms with Gasteiger partial charge in [-0.05, 0) is 47.0 Å². The van der Waals surface area contributed by atoms with Crippen molar-refractivity contribution in [2.45, 2.75) is 77.2 Å². The highest BCUT2D eigenvalue weighted by atomic mass is 16.2. The van der Waals surface area contributed by atoms with E-state index in [2.05, 4.69) is 34.7 Å². The van der Waals surface area contributed by atoms with E-state index in [4.69, 9.17) is 0 Å². The van der Waals surface area contributed by atoms with Crippen molar-refractivity contribution in [3.63, 3.8) is 0 Å². The molecule has 0 unspecified atom stereocenters. The van der Waals surface area contributed by atoms with E-state index in [0.29, 0.717) is 13.1 Å². The van der Waals surface area contributed by atoms with E-state index < -0.39 is 6.04 Å². The Labute approximate surface area is 161 Å². The molecule has 27 heavy (non-hydrogen) atoms. The molecule has 1 aliphatic carbocycles. The second kappa shape index (κ2) is 8.04. The summed E-state index contributed by atoms with van der Waals surface area (Å²) in [4.78, 5) is 41.5. The van der Waals surface area contributed by atoms with Crippen molar-refractivity contribution < 1.29 is 14.4 Å². The van der Waals surface area contributed by atoms with E-state index in [-0.39, 0.29) is 47.9 Å². The second-order valence-electron chi connectivity index (χ2n) is 8.73. The van der Waals surface area contributed by atoms with E-state index in [1.165, 1.54) is 0 Å². The van der Waals surface area contributed by atoms with Crippen molar-refractivity contribution in [2.75, 3.05) is 19.6 Å². The van der Waals surface area contributed by atoms with Gasteiger partial charge in [0.2, 0.25) is 11.8 Å². The Morgan fingerprint density at radius 3 is 2.33 bits per heavy atom. The highest BCUT2D eigenvalue weighted by molar-refractivity contribution is 5.90. The molecule has 1 saturated carbocycles. The van der Waals surface area contributed by atoms with Crippen LogP contribution in [0.15, 0.2) is 0 Å². The Bertz CT molecular complexity index is 590. The molecule has 3 fully saturated rings. The van der Waals surface area contributed by atoms with Crippen LogP contribution in [-0.2, 0) is 9.59 Å². The minimum atomic E-state index is -0.506. The van der Waals surface area contributed by atoms with E-state index in [1.807, 2.05) is 18.7 Å². The van der Waals surface area contributed by atoms with Crippen LogP contribution in [0.4, 0.5) is 4.79 Å². The number of fused-ring (bicyclic) bond motifs is 1. The number of amides is 4. The molecule has 0 spiro atoms. The van der Waals surface area contributed by atoms with Crippen molar-refractivity contribution in [3.05, 3.63) is 0 Å². The maximum absolute atomic E-state index is 13.1. The zero-order valence-electron chi connectivity index (χ0n) is 16.8. The molecule has 2 aliphatic heterocycles. The largest absolute Gasteiger partial charge is 0.343 e. The maximum atomic E-state index is 13.1. The van der Waals surface area contributed by atoms with Gasteiger partial charge in [0.15, 0.2) is 0 Å². The van der Waals surface area contributed by atoms with Gasteiger partial charge in [0.1, 0.15) is 6.04 Å². The van der Waals surface area contributed by atoms with Gasteiger partial charge in [0, 0.05) is 43.7 Å². The van der Waals surface area contributed by atoms with Gasteiger partial charge < -0.3 is 20.9 Å². The monoisotopic (exact) mass is 379 g/mol. The van der Waals surface area contributed by atoms with Crippen LogP contribution in [0.2, 0.25) is 0 Å². The summed E-state index contributed by atoms with van der Waals surface area (Å²) in [5, 5.41) is 8.80. The molecule has 152 valence electrons. The number of carbonyl (C=O) groups is 3. The van der Waals surface area contributed by atoms with Gasteiger partial charge in [0.05, 0.1) is 6.04 Å². The average Bonchev–Trinajstić information content (AvgIpc) is 3.35. The summed E-state index contributed by atoms with van der Waals surface area (Å²) in [6, 6.07) is -0.351. The number of hydrogen-bond donors (Lipinski definition) is 3. The summed E-state index contributed by atoms with van der Waals surface area (Å²) < 4.78 is 0. The average molecular weight is 380 g/mol. The van der Waals surface area contributed by atoms with E-state index in [9.17, 15) is 14.4 Å². The number of hydrogen-bond acceptors (Lipinski definition) is 4. The topological polar surface area (TPSA) is 93.8 Å². The van der Waals surface area contributed by atoms with Crippen LogP contribution >= 0.6 is 0 Å². The third-order valence-corrected chi connectivity index (χ3v) is 5.61. The highest BCUT2D eigenvalue weighted by Gasteiger charge is 2.44. The zero-order valence-corrected chi connectivity index (χ0v) is 16.8. The molecule has 0 aromatic rings. The predicted octanol–water partition coefficient (Wildman–Crippen LogP) is 0.282. The number of carbonyl (C=O) groups excluding carboxylic acids is 3. The second-order valence-corrected chi connectivity index (χ2v) is 8.73. The lowest BCUT2D eigenvalue weighted by molar-refractivity contribution is -0.136. The van der Waals surface area contributed by atoms with Crippen molar-refractivity contribution >= 4 is 17.8 Å². The van der Waals surface area contributed by atoms with Crippen molar-refractivity contribution in [3.8, 4) is 0 Å². The van der Waals surface area contributed by atoms with E-state index >= 15 is 0 Å². The summed E-state index contributed by atoms with van der Waals surface area (Å²) in [6.07, 6.45) is 2.58. The molecule has 3 aliphatic rings. The molecule has 3 rings (SSSR count). The molecule has 8 heteroatoms. The Kier molecular flexibility index (Phi) is 5.93. The molecule has 2 heterocycles. The van der Waals surface area contributed by atoms with Gasteiger partial charge in [-0.1, -0.05) is 0 Å². The SMILES string of the molecule is CC(C)NC(=O)N[C@H]1C[C@H]2CN(C(C)C)C[C@H](NC(=O)C3CC3)C(=O)N2C1. The fraction of sp³-hybridized carbons (Fsp3) is 0.842. The van der Waals surface area contributed by atoms with Gasteiger partial charge in [-0.2, -0.15) is 0 Å². The first-order valence-electron chi connectivity index (χ1n) is 10.2. The van der Waals surface area contributed by atoms with Crippen molar-refractivity contribution in [2.24, 2.45) is 5.92 Å². The lowest BCUT2D eigenvalue weighted by atomic mass is 10.1. The minimum absolute atomic E-state index is 0.000638. The third kappa shape index (κ3) is 4.91. The molecule has 0 aromatic carbocycles. The van der Waals surface area contributed by atoms with Gasteiger partial charge in [-0.3, -0.25) is 14.5 Å². The number of urea groups is 1. The highest BCUT2D eigenvalue weighted by Crippen LogP contribution is 2.30. The molecular weight excluding hydrogens is 346 g/mol. The van der Waals surface area contributed by atoms with Gasteiger partial charge in [-0.25, -0.2) is 4.79 Å². The first-order chi connectivity index (χ1) is 12.7. The summed E-state index contributed by atoms with van der Waals surface area (Å²) >= 11 is 0. The number of nitrogens with one attached hydrogen (secondary N) is 3. The smallest absolute Gasteiger partial charge is 0.315 e. The van der Waals surface area contributed by atoms with Crippen molar-refractivity contribution in [1.82, 2.24) is 25.8 Å². The van der Waals surface area contributed by atoms with E-state index in [0.717, 1.165) is 25.8 Å². The summed E-state index contributed by atoms with van der Waals surface area (Å²) in [7, 11) is 0. The summed E-state index contributed by atoms with van der Waals surface area (Å²) in [5.41, 5.74) is 0. The first kappa shape index (κ1) is 19.9. The van der Waals surface area contributed by atoms with Crippen LogP contribution < -0.4 is 16.0 Å². The quantitative estimate of drug-likeness (QED) is 0.640. The molecule has 0 radical (unpaired) electrons. The third-order valence-electron chi connectivity index (χ3n) is 5.61. The Balaban J connectivity index is 1.68. The lowest BCUT2D eigenvalue weighted by Crippen LogP contribution is -2.53. The fourth-order valence-corrected chi connectivity index (χ4v) is 3.98. The van der Waals surface area contributed by atoms with Crippen molar-refractivity contribution in [1.29, 1.82) is 0 Å². The van der Waals surface area contributed by atoms with Crippen LogP contribution in [0, 0.1) is 5.92 Å². The molecule has 0 bridgehead atoms. The standard InChI is InChI=1S/C19H33N5O3/c1-11(2)20-19(27)21-14-7-15-9-23(12(3)4)10-16(18(26)24(15)8-14)22-17(25)13-5-6-13/h11-16H,5-10H2,1-4H3,(H,22,25)(H2,20,21,27)/t14-,15-,16-/m0/s1. The summed E-state index contributed by atoms with van der Waals surface area (Å²) in [5.74, 6) is 0.0588. The molecule has 0 aromatic heterocycles. The van der Waals surface area contributed by atoms with Gasteiger partial charge >= 0.3 is 6.03 Å². The van der Waals surface area contributed by atoms with Crippen LogP contribution in [0.3, 0.4) is 0 Å². The number of rotatable bonds is 5. The molecule has 3 N–H and O–H groups in total. The predicted molar refractivity (Wildman–Crippen MR) is 102 cm³/mol. The van der Waals surface area contributed by atoms with Crippen LogP contribution in [0.5, 0.6) is 0 Å². The summed E-state index contributed by atoms with van der Waals surface area (Å²) in [6.45, 7) is 9.87. The van der Waals surface area contributed by atoms with Gasteiger partial charge in [0.25, 0.3) is 0 Å². The molecule has 4 amide bonds. The van der Waals surface area contributed by atoms with E-state index in [1.54, 1.807) is 0 Å². The molecular formula is C19H33N5O3. The van der Waals surface area contributed by atoms with Crippen LogP contribution in [0.25, 0.3) is 0 Å². The van der Waals surface area contributed by atoms with Crippen LogP contribution in [0.1, 0.15) is 47.0 Å². The van der Waals surface area contributed by atoms with Crippen LogP contribution in [-0.4, -0.2) is 77.5 Å². The zero-order chi connectivity index (χ0) is 19.7. The lowest BCUT2D eigenvalue weighted by Gasteiger charge is -2.28. The fourth-order valence-electron chi connectivity index (χ4n) is 3.98. The number of nitrogens with zero attached hydrogens (tertiary/aromatic N) is 2. The van der Waals surface area contributed by atoms with Gasteiger partial charge in [-0.15, -0.1) is 0 Å². The Morgan fingerprint density at radius 1 is 1.04 bits per heavy atom.